The van der Waals surface area contributed by atoms with Crippen molar-refractivity contribution < 1.29 is 14.7 Å². The van der Waals surface area contributed by atoms with Gasteiger partial charge in [0, 0.05) is 24.5 Å². The molecule has 0 aromatic heterocycles. The molecule has 19 heavy (non-hydrogen) atoms. The Balaban J connectivity index is 0.00000180. The number of carbonyl (C=O) groups is 2. The highest BCUT2D eigenvalue weighted by Crippen LogP contribution is 2.18. The normalized spacial score (nSPS) is 18.3. The Morgan fingerprint density at radius 1 is 1.37 bits per heavy atom. The number of halogens is 1. The molecular formula is C14H18ClNO3. The zero-order chi connectivity index (χ0) is 13.1. The zero-order valence-electron chi connectivity index (χ0n) is 9.80. The summed E-state index contributed by atoms with van der Waals surface area (Å²) in [6.07, 6.45) is 0.838. The van der Waals surface area contributed by atoms with Crippen LogP contribution in [0.25, 0.3) is 0 Å². The number of aliphatic carboxylic acids is 1. The Morgan fingerprint density at radius 2 is 2.00 bits per heavy atom. The van der Waals surface area contributed by atoms with E-state index in [4.69, 9.17) is 16.7 Å². The van der Waals surface area contributed by atoms with Crippen molar-refractivity contribution in [3.05, 3.63) is 34.9 Å². The van der Waals surface area contributed by atoms with Crippen molar-refractivity contribution in [2.24, 2.45) is 5.92 Å². The van der Waals surface area contributed by atoms with Gasteiger partial charge in [-0.1, -0.05) is 31.2 Å². The van der Waals surface area contributed by atoms with Crippen LogP contribution in [-0.4, -0.2) is 35.0 Å². The zero-order valence-corrected chi connectivity index (χ0v) is 10.6. The minimum absolute atomic E-state index is 0. The number of rotatable bonds is 4. The highest BCUT2D eigenvalue weighted by atomic mass is 35.5. The lowest BCUT2D eigenvalue weighted by Crippen LogP contribution is -2.28. The van der Waals surface area contributed by atoms with Gasteiger partial charge >= 0.3 is 5.97 Å². The van der Waals surface area contributed by atoms with Crippen LogP contribution in [0.15, 0.2) is 24.3 Å². The largest absolute Gasteiger partial charge is 0.481 e. The summed E-state index contributed by atoms with van der Waals surface area (Å²) in [4.78, 5) is 24.0. The molecule has 0 radical (unpaired) electrons. The molecule has 1 heterocycles. The van der Waals surface area contributed by atoms with Crippen molar-refractivity contribution >= 4 is 23.5 Å². The Labute approximate surface area is 118 Å². The fourth-order valence-electron chi connectivity index (χ4n) is 2.07. The number of amides is 1. The van der Waals surface area contributed by atoms with Gasteiger partial charge in [-0.3, -0.25) is 9.59 Å². The van der Waals surface area contributed by atoms with E-state index in [-0.39, 0.29) is 19.8 Å². The van der Waals surface area contributed by atoms with E-state index in [1.165, 1.54) is 0 Å². The van der Waals surface area contributed by atoms with Gasteiger partial charge in [-0.15, -0.1) is 0 Å². The van der Waals surface area contributed by atoms with Crippen molar-refractivity contribution in [1.29, 1.82) is 0 Å². The number of benzene rings is 1. The van der Waals surface area contributed by atoms with Crippen LogP contribution in [0.4, 0.5) is 0 Å². The highest BCUT2D eigenvalue weighted by Gasteiger charge is 2.33. The number of nitrogens with zero attached hydrogens (tertiary/aromatic N) is 1. The second-order valence-electron chi connectivity index (χ2n) is 4.46. The molecule has 1 aromatic rings. The fraction of sp³-hybridized carbons (Fsp3) is 0.429. The molecule has 104 valence electrons. The Kier molecular flexibility index (Phi) is 5.36. The second kappa shape index (κ2) is 6.57. The van der Waals surface area contributed by atoms with Gasteiger partial charge in [-0.2, -0.15) is 0 Å². The second-order valence-corrected chi connectivity index (χ2v) is 4.89. The van der Waals surface area contributed by atoms with Gasteiger partial charge in [-0.25, -0.2) is 0 Å². The molecule has 0 bridgehead atoms. The standard InChI is InChI=1S/C13H14ClNO3.CH4/c14-11-3-1-9(2-4-11)5-6-15-8-10(13(17)18)7-12(15)16;/h1-4,10H,5-8H2,(H,17,18);1H4. The topological polar surface area (TPSA) is 57.6 Å². The van der Waals surface area contributed by atoms with E-state index in [1.54, 1.807) is 4.90 Å². The third-order valence-corrected chi connectivity index (χ3v) is 3.40. The molecule has 5 heteroatoms. The molecule has 1 N–H and O–H groups in total. The molecule has 2 rings (SSSR count). The lowest BCUT2D eigenvalue weighted by molar-refractivity contribution is -0.141. The van der Waals surface area contributed by atoms with E-state index < -0.39 is 11.9 Å². The van der Waals surface area contributed by atoms with Crippen LogP contribution < -0.4 is 0 Å². The Morgan fingerprint density at radius 3 is 2.53 bits per heavy atom. The monoisotopic (exact) mass is 283 g/mol. The smallest absolute Gasteiger partial charge is 0.308 e. The summed E-state index contributed by atoms with van der Waals surface area (Å²) in [5, 5.41) is 9.55. The first-order valence-electron chi connectivity index (χ1n) is 5.81. The van der Waals surface area contributed by atoms with Gasteiger partial charge in [-0.05, 0) is 24.1 Å². The third-order valence-electron chi connectivity index (χ3n) is 3.15. The fourth-order valence-corrected chi connectivity index (χ4v) is 2.19. The van der Waals surface area contributed by atoms with E-state index in [0.29, 0.717) is 18.1 Å². The summed E-state index contributed by atoms with van der Waals surface area (Å²) in [6, 6.07) is 7.45. The third kappa shape index (κ3) is 3.96. The SMILES string of the molecule is C.O=C(O)C1CC(=O)N(CCc2ccc(Cl)cc2)C1. The number of hydrogen-bond donors (Lipinski definition) is 1. The van der Waals surface area contributed by atoms with Crippen LogP contribution in [0.5, 0.6) is 0 Å². The number of likely N-dealkylation sites (tertiary alicyclic amines) is 1. The van der Waals surface area contributed by atoms with Gasteiger partial charge in [0.05, 0.1) is 5.92 Å². The lowest BCUT2D eigenvalue weighted by atomic mass is 10.1. The molecule has 0 saturated carbocycles. The Hall–Kier alpha value is -1.55. The maximum absolute atomic E-state index is 11.6. The maximum atomic E-state index is 11.6. The quantitative estimate of drug-likeness (QED) is 0.923. The van der Waals surface area contributed by atoms with E-state index in [9.17, 15) is 9.59 Å². The van der Waals surface area contributed by atoms with Crippen LogP contribution in [0.2, 0.25) is 5.02 Å². The van der Waals surface area contributed by atoms with E-state index >= 15 is 0 Å². The average Bonchev–Trinajstić information content (AvgIpc) is 2.70. The van der Waals surface area contributed by atoms with Crippen LogP contribution in [0, 0.1) is 5.92 Å². The summed E-state index contributed by atoms with van der Waals surface area (Å²) in [5.74, 6) is -1.52. The first-order chi connectivity index (χ1) is 8.56. The van der Waals surface area contributed by atoms with Gasteiger partial charge < -0.3 is 10.0 Å². The van der Waals surface area contributed by atoms with Crippen LogP contribution >= 0.6 is 11.6 Å². The predicted octanol–water partition coefficient (Wildman–Crippen LogP) is 2.45. The summed E-state index contributed by atoms with van der Waals surface area (Å²) in [5.41, 5.74) is 1.09. The molecule has 1 amide bonds. The molecule has 1 aromatic carbocycles. The van der Waals surface area contributed by atoms with E-state index in [0.717, 1.165) is 12.0 Å². The van der Waals surface area contributed by atoms with Crippen molar-refractivity contribution in [1.82, 2.24) is 4.90 Å². The first kappa shape index (κ1) is 15.5. The van der Waals surface area contributed by atoms with Gasteiger partial charge in [0.1, 0.15) is 0 Å². The van der Waals surface area contributed by atoms with Gasteiger partial charge in [0.2, 0.25) is 5.91 Å². The number of carboxylic acid groups (broad SMARTS) is 1. The summed E-state index contributed by atoms with van der Waals surface area (Å²) in [6.45, 7) is 0.881. The summed E-state index contributed by atoms with van der Waals surface area (Å²) >= 11 is 5.79. The number of carboxylic acids is 1. The minimum atomic E-state index is -0.891. The first-order valence-corrected chi connectivity index (χ1v) is 6.19. The molecule has 0 spiro atoms. The van der Waals surface area contributed by atoms with Crippen molar-refractivity contribution in [3.8, 4) is 0 Å². The molecule has 1 saturated heterocycles. The van der Waals surface area contributed by atoms with Crippen molar-refractivity contribution in [3.63, 3.8) is 0 Å². The van der Waals surface area contributed by atoms with Gasteiger partial charge in [0.15, 0.2) is 0 Å². The molecule has 1 atom stereocenters. The molecule has 1 unspecified atom stereocenters. The maximum Gasteiger partial charge on any atom is 0.308 e. The molecule has 4 nitrogen and oxygen atoms in total. The molecule has 1 aliphatic heterocycles. The van der Waals surface area contributed by atoms with E-state index in [1.807, 2.05) is 24.3 Å². The number of hydrogen-bond acceptors (Lipinski definition) is 2. The van der Waals surface area contributed by atoms with Gasteiger partial charge in [0.25, 0.3) is 0 Å². The predicted molar refractivity (Wildman–Crippen MR) is 74.2 cm³/mol. The molecule has 1 aliphatic rings. The van der Waals surface area contributed by atoms with Crippen LogP contribution in [0.1, 0.15) is 19.4 Å². The average molecular weight is 284 g/mol. The Bertz CT molecular complexity index is 458. The molecule has 1 fully saturated rings. The van der Waals surface area contributed by atoms with E-state index in [2.05, 4.69) is 0 Å². The highest BCUT2D eigenvalue weighted by molar-refractivity contribution is 6.30. The van der Waals surface area contributed by atoms with Crippen molar-refractivity contribution in [2.45, 2.75) is 20.3 Å². The lowest BCUT2D eigenvalue weighted by Gasteiger charge is -2.15. The van der Waals surface area contributed by atoms with Crippen LogP contribution in [-0.2, 0) is 16.0 Å². The molecule has 0 aliphatic carbocycles. The summed E-state index contributed by atoms with van der Waals surface area (Å²) in [7, 11) is 0. The van der Waals surface area contributed by atoms with Crippen LogP contribution in [0.3, 0.4) is 0 Å². The number of carbonyl (C=O) groups excluding carboxylic acids is 1. The summed E-state index contributed by atoms with van der Waals surface area (Å²) < 4.78 is 0. The van der Waals surface area contributed by atoms with Crippen molar-refractivity contribution in [2.75, 3.05) is 13.1 Å². The minimum Gasteiger partial charge on any atom is -0.481 e. The molecular weight excluding hydrogens is 266 g/mol.